The Morgan fingerprint density at radius 2 is 1.76 bits per heavy atom. The van der Waals surface area contributed by atoms with E-state index in [9.17, 15) is 0 Å². The van der Waals surface area contributed by atoms with Crippen molar-refractivity contribution in [1.29, 1.82) is 0 Å². The number of nitrogens with one attached hydrogen (secondary N) is 1. The first-order chi connectivity index (χ1) is 8.11. The minimum Gasteiger partial charge on any atom is -0.311 e. The van der Waals surface area contributed by atoms with Gasteiger partial charge in [0.05, 0.1) is 0 Å². The van der Waals surface area contributed by atoms with Crippen LogP contribution in [0.1, 0.15) is 38.3 Å². The molecule has 2 nitrogen and oxygen atoms in total. The first-order valence-corrected chi connectivity index (χ1v) is 6.65. The Morgan fingerprint density at radius 3 is 2.29 bits per heavy atom. The second-order valence-corrected chi connectivity index (χ2v) is 5.64. The van der Waals surface area contributed by atoms with E-state index in [0.717, 1.165) is 26.2 Å². The largest absolute Gasteiger partial charge is 0.311 e. The molecule has 1 heterocycles. The molecule has 1 aromatic carbocycles. The summed E-state index contributed by atoms with van der Waals surface area (Å²) in [4.78, 5) is 2.52. The van der Waals surface area contributed by atoms with Gasteiger partial charge in [-0.3, -0.25) is 4.90 Å². The lowest BCUT2D eigenvalue weighted by atomic mass is 10.0. The Bertz CT molecular complexity index is 346. The van der Waals surface area contributed by atoms with Gasteiger partial charge >= 0.3 is 0 Å². The van der Waals surface area contributed by atoms with Gasteiger partial charge in [0.25, 0.3) is 0 Å². The van der Waals surface area contributed by atoms with Crippen molar-refractivity contribution in [3.8, 4) is 0 Å². The number of fused-ring (bicyclic) bond motifs is 1. The van der Waals surface area contributed by atoms with E-state index in [1.54, 1.807) is 0 Å². The summed E-state index contributed by atoms with van der Waals surface area (Å²) >= 11 is 0. The first-order valence-electron chi connectivity index (χ1n) is 6.65. The first kappa shape index (κ1) is 12.6. The molecule has 0 saturated heterocycles. The van der Waals surface area contributed by atoms with Gasteiger partial charge in [-0.1, -0.05) is 31.2 Å². The molecule has 0 atom stereocenters. The van der Waals surface area contributed by atoms with Gasteiger partial charge in [0.2, 0.25) is 0 Å². The number of benzene rings is 1. The van der Waals surface area contributed by atoms with E-state index in [0.29, 0.717) is 0 Å². The van der Waals surface area contributed by atoms with E-state index < -0.39 is 0 Å². The summed E-state index contributed by atoms with van der Waals surface area (Å²) in [7, 11) is 0. The van der Waals surface area contributed by atoms with Crippen LogP contribution in [0, 0.1) is 0 Å². The Hall–Kier alpha value is -0.860. The molecule has 0 bridgehead atoms. The fourth-order valence-electron chi connectivity index (χ4n) is 2.24. The van der Waals surface area contributed by atoms with Crippen molar-refractivity contribution >= 4 is 0 Å². The minimum atomic E-state index is 0.270. The van der Waals surface area contributed by atoms with Crippen molar-refractivity contribution < 1.29 is 0 Å². The molecule has 0 spiro atoms. The van der Waals surface area contributed by atoms with Gasteiger partial charge in [0, 0.05) is 31.7 Å². The Morgan fingerprint density at radius 1 is 1.18 bits per heavy atom. The molecule has 1 aliphatic heterocycles. The lowest BCUT2D eigenvalue weighted by Gasteiger charge is -2.26. The zero-order valence-corrected chi connectivity index (χ0v) is 11.3. The number of rotatable bonds is 5. The van der Waals surface area contributed by atoms with Gasteiger partial charge in [-0.25, -0.2) is 0 Å². The Kier molecular flexibility index (Phi) is 3.85. The SMILES string of the molecule is CCC(C)(C)NCCN1Cc2ccccc2C1. The molecule has 2 rings (SSSR count). The van der Waals surface area contributed by atoms with Gasteiger partial charge in [-0.15, -0.1) is 0 Å². The molecular formula is C15H24N2. The molecule has 0 aromatic heterocycles. The summed E-state index contributed by atoms with van der Waals surface area (Å²) in [6.45, 7) is 11.2. The van der Waals surface area contributed by atoms with Crippen molar-refractivity contribution in [2.24, 2.45) is 0 Å². The predicted molar refractivity (Wildman–Crippen MR) is 72.9 cm³/mol. The molecule has 0 amide bonds. The van der Waals surface area contributed by atoms with Gasteiger partial charge in [0.15, 0.2) is 0 Å². The topological polar surface area (TPSA) is 15.3 Å². The van der Waals surface area contributed by atoms with E-state index in [4.69, 9.17) is 0 Å². The molecule has 2 heteroatoms. The van der Waals surface area contributed by atoms with Crippen LogP contribution in [0.25, 0.3) is 0 Å². The molecule has 1 aromatic rings. The van der Waals surface area contributed by atoms with Crippen LogP contribution in [0.4, 0.5) is 0 Å². The second kappa shape index (κ2) is 5.19. The maximum atomic E-state index is 3.62. The molecule has 1 aliphatic rings. The van der Waals surface area contributed by atoms with E-state index in [1.807, 2.05) is 0 Å². The van der Waals surface area contributed by atoms with Crippen molar-refractivity contribution in [3.63, 3.8) is 0 Å². The van der Waals surface area contributed by atoms with Crippen molar-refractivity contribution in [1.82, 2.24) is 10.2 Å². The summed E-state index contributed by atoms with van der Waals surface area (Å²) in [6, 6.07) is 8.78. The highest BCUT2D eigenvalue weighted by Gasteiger charge is 2.19. The highest BCUT2D eigenvalue weighted by atomic mass is 15.2. The highest BCUT2D eigenvalue weighted by Crippen LogP contribution is 2.21. The summed E-state index contributed by atoms with van der Waals surface area (Å²) in [6.07, 6.45) is 1.17. The van der Waals surface area contributed by atoms with Gasteiger partial charge in [-0.2, -0.15) is 0 Å². The van der Waals surface area contributed by atoms with Crippen molar-refractivity contribution in [3.05, 3.63) is 35.4 Å². The standard InChI is InChI=1S/C15H24N2/c1-4-15(2,3)16-9-10-17-11-13-7-5-6-8-14(13)12-17/h5-8,16H,4,9-12H2,1-3H3. The third kappa shape index (κ3) is 3.30. The molecular weight excluding hydrogens is 208 g/mol. The van der Waals surface area contributed by atoms with Crippen LogP contribution in [0.2, 0.25) is 0 Å². The fraction of sp³-hybridized carbons (Fsp3) is 0.600. The molecule has 0 fully saturated rings. The number of hydrogen-bond donors (Lipinski definition) is 1. The molecule has 0 unspecified atom stereocenters. The van der Waals surface area contributed by atoms with Crippen molar-refractivity contribution in [2.45, 2.75) is 45.8 Å². The molecule has 17 heavy (non-hydrogen) atoms. The van der Waals surface area contributed by atoms with Gasteiger partial charge in [-0.05, 0) is 31.4 Å². The summed E-state index contributed by atoms with van der Waals surface area (Å²) < 4.78 is 0. The van der Waals surface area contributed by atoms with Gasteiger partial charge in [0.1, 0.15) is 0 Å². The molecule has 94 valence electrons. The molecule has 0 saturated carbocycles. The average Bonchev–Trinajstić information content (AvgIpc) is 2.71. The third-order valence-electron chi connectivity index (χ3n) is 3.82. The number of hydrogen-bond acceptors (Lipinski definition) is 2. The van der Waals surface area contributed by atoms with Crippen molar-refractivity contribution in [2.75, 3.05) is 13.1 Å². The highest BCUT2D eigenvalue weighted by molar-refractivity contribution is 5.30. The van der Waals surface area contributed by atoms with Crippen LogP contribution in [-0.2, 0) is 13.1 Å². The predicted octanol–water partition coefficient (Wildman–Crippen LogP) is 2.78. The van der Waals surface area contributed by atoms with Crippen LogP contribution in [0.3, 0.4) is 0 Å². The smallest absolute Gasteiger partial charge is 0.0241 e. The zero-order chi connectivity index (χ0) is 12.3. The maximum Gasteiger partial charge on any atom is 0.0241 e. The second-order valence-electron chi connectivity index (χ2n) is 5.64. The summed E-state index contributed by atoms with van der Waals surface area (Å²) in [5.41, 5.74) is 3.27. The average molecular weight is 232 g/mol. The van der Waals surface area contributed by atoms with Crippen LogP contribution in [-0.4, -0.2) is 23.5 Å². The van der Waals surface area contributed by atoms with Crippen LogP contribution in [0.5, 0.6) is 0 Å². The Labute approximate surface area is 105 Å². The number of nitrogens with zero attached hydrogens (tertiary/aromatic N) is 1. The lowest BCUT2D eigenvalue weighted by Crippen LogP contribution is -2.42. The van der Waals surface area contributed by atoms with E-state index in [2.05, 4.69) is 55.3 Å². The van der Waals surface area contributed by atoms with Crippen LogP contribution in [0.15, 0.2) is 24.3 Å². The fourth-order valence-corrected chi connectivity index (χ4v) is 2.24. The van der Waals surface area contributed by atoms with Gasteiger partial charge < -0.3 is 5.32 Å². The van der Waals surface area contributed by atoms with E-state index >= 15 is 0 Å². The molecule has 1 N–H and O–H groups in total. The zero-order valence-electron chi connectivity index (χ0n) is 11.3. The van der Waals surface area contributed by atoms with E-state index in [1.165, 1.54) is 17.5 Å². The molecule has 0 radical (unpaired) electrons. The monoisotopic (exact) mass is 232 g/mol. The Balaban J connectivity index is 1.77. The molecule has 0 aliphatic carbocycles. The van der Waals surface area contributed by atoms with Crippen LogP contribution < -0.4 is 5.32 Å². The van der Waals surface area contributed by atoms with Crippen LogP contribution >= 0.6 is 0 Å². The maximum absolute atomic E-state index is 3.62. The summed E-state index contributed by atoms with van der Waals surface area (Å²) in [5, 5.41) is 3.62. The summed E-state index contributed by atoms with van der Waals surface area (Å²) in [5.74, 6) is 0. The lowest BCUT2D eigenvalue weighted by molar-refractivity contribution is 0.263. The normalized spacial score (nSPS) is 16.2. The third-order valence-corrected chi connectivity index (χ3v) is 3.82. The minimum absolute atomic E-state index is 0.270. The van der Waals surface area contributed by atoms with E-state index in [-0.39, 0.29) is 5.54 Å². The quantitative estimate of drug-likeness (QED) is 0.840.